The second kappa shape index (κ2) is 6.03. The van der Waals surface area contributed by atoms with E-state index in [-0.39, 0.29) is 11.8 Å². The van der Waals surface area contributed by atoms with Crippen molar-refractivity contribution >= 4 is 27.3 Å². The van der Waals surface area contributed by atoms with Gasteiger partial charge in [-0.25, -0.2) is 8.42 Å². The van der Waals surface area contributed by atoms with E-state index in [0.717, 1.165) is 18.4 Å². The van der Waals surface area contributed by atoms with Crippen molar-refractivity contribution in [2.75, 3.05) is 29.4 Å². The normalized spacial score (nSPS) is 22.0. The summed E-state index contributed by atoms with van der Waals surface area (Å²) >= 11 is 0. The Kier molecular flexibility index (Phi) is 4.53. The molecule has 0 aromatic heterocycles. The molecule has 1 fully saturated rings. The minimum Gasteiger partial charge on any atom is -0.326 e. The molecule has 21 heavy (non-hydrogen) atoms. The Bertz CT molecular complexity index is 643. The first-order chi connectivity index (χ1) is 9.76. The third-order valence-electron chi connectivity index (χ3n) is 3.64. The van der Waals surface area contributed by atoms with Gasteiger partial charge in [-0.2, -0.15) is 0 Å². The molecule has 0 radical (unpaired) electrons. The predicted octanol–water partition coefficient (Wildman–Crippen LogP) is 1.16. The molecule has 1 aliphatic rings. The molecule has 1 heterocycles. The lowest BCUT2D eigenvalue weighted by Gasteiger charge is -2.15. The van der Waals surface area contributed by atoms with Crippen LogP contribution in [0.15, 0.2) is 18.2 Å². The lowest BCUT2D eigenvalue weighted by molar-refractivity contribution is -0.120. The van der Waals surface area contributed by atoms with Crippen molar-refractivity contribution < 1.29 is 13.2 Å². The molecule has 6 nitrogen and oxygen atoms in total. The smallest absolute Gasteiger partial charge is 0.229 e. The average molecular weight is 311 g/mol. The summed E-state index contributed by atoms with van der Waals surface area (Å²) in [5.74, 6) is 0.284. The molecule has 1 aliphatic heterocycles. The van der Waals surface area contributed by atoms with E-state index in [1.807, 2.05) is 0 Å². The number of sulfonamides is 1. The van der Waals surface area contributed by atoms with E-state index in [2.05, 4.69) is 22.3 Å². The largest absolute Gasteiger partial charge is 0.326 e. The van der Waals surface area contributed by atoms with Crippen LogP contribution in [0, 0.1) is 18.8 Å². The maximum atomic E-state index is 12.2. The standard InChI is InChI=1S/C14H21N3O3S/c1-9-6-11(4-5-13(9)17-21(3,19)20)16-14(18)12-8-15-7-10(12)2/h4-6,10,12,15,17H,7-8H2,1-3H3,(H,16,18)/t10-,12-/m1/s1. The number of amides is 1. The summed E-state index contributed by atoms with van der Waals surface area (Å²) in [6.45, 7) is 5.39. The molecule has 0 aliphatic carbocycles. The van der Waals surface area contributed by atoms with E-state index in [0.29, 0.717) is 23.8 Å². The highest BCUT2D eigenvalue weighted by Gasteiger charge is 2.29. The minimum absolute atomic E-state index is 0.00396. The molecule has 1 aromatic rings. The molecule has 1 aromatic carbocycles. The molecule has 0 bridgehead atoms. The third-order valence-corrected chi connectivity index (χ3v) is 4.23. The SMILES string of the molecule is Cc1cc(NC(=O)[C@@H]2CNC[C@H]2C)ccc1NS(C)(=O)=O. The first-order valence-corrected chi connectivity index (χ1v) is 8.75. The Balaban J connectivity index is 2.08. The van der Waals surface area contributed by atoms with Gasteiger partial charge >= 0.3 is 0 Å². The van der Waals surface area contributed by atoms with Gasteiger partial charge in [0.2, 0.25) is 15.9 Å². The number of anilines is 2. The van der Waals surface area contributed by atoms with Crippen LogP contribution in [-0.2, 0) is 14.8 Å². The van der Waals surface area contributed by atoms with Gasteiger partial charge in [-0.3, -0.25) is 9.52 Å². The summed E-state index contributed by atoms with van der Waals surface area (Å²) < 4.78 is 24.9. The molecule has 0 spiro atoms. The fourth-order valence-corrected chi connectivity index (χ4v) is 3.08. The predicted molar refractivity (Wildman–Crippen MR) is 83.8 cm³/mol. The summed E-state index contributed by atoms with van der Waals surface area (Å²) in [7, 11) is -3.30. The van der Waals surface area contributed by atoms with E-state index in [9.17, 15) is 13.2 Å². The van der Waals surface area contributed by atoms with Crippen LogP contribution in [0.25, 0.3) is 0 Å². The van der Waals surface area contributed by atoms with Crippen molar-refractivity contribution in [3.05, 3.63) is 23.8 Å². The summed E-state index contributed by atoms with van der Waals surface area (Å²) in [6, 6.07) is 5.12. The van der Waals surface area contributed by atoms with E-state index >= 15 is 0 Å². The monoisotopic (exact) mass is 311 g/mol. The van der Waals surface area contributed by atoms with Gasteiger partial charge in [-0.1, -0.05) is 6.92 Å². The third kappa shape index (κ3) is 4.18. The fraction of sp³-hybridized carbons (Fsp3) is 0.500. The number of nitrogens with one attached hydrogen (secondary N) is 3. The number of hydrogen-bond donors (Lipinski definition) is 3. The van der Waals surface area contributed by atoms with Crippen LogP contribution in [0.1, 0.15) is 12.5 Å². The van der Waals surface area contributed by atoms with Gasteiger partial charge in [0, 0.05) is 12.2 Å². The number of rotatable bonds is 4. The maximum Gasteiger partial charge on any atom is 0.229 e. The Labute approximate surface area is 125 Å². The topological polar surface area (TPSA) is 87.3 Å². The molecule has 1 amide bonds. The van der Waals surface area contributed by atoms with Gasteiger partial charge in [0.25, 0.3) is 0 Å². The Morgan fingerprint density at radius 1 is 1.33 bits per heavy atom. The van der Waals surface area contributed by atoms with Gasteiger partial charge in [-0.15, -0.1) is 0 Å². The quantitative estimate of drug-likeness (QED) is 0.779. The molecule has 2 rings (SSSR count). The molecule has 0 unspecified atom stereocenters. The maximum absolute atomic E-state index is 12.2. The Hall–Kier alpha value is -1.60. The van der Waals surface area contributed by atoms with E-state index < -0.39 is 10.0 Å². The van der Waals surface area contributed by atoms with Crippen molar-refractivity contribution in [3.8, 4) is 0 Å². The highest BCUT2D eigenvalue weighted by Crippen LogP contribution is 2.23. The second-order valence-corrected chi connectivity index (χ2v) is 7.38. The fourth-order valence-electron chi connectivity index (χ4n) is 2.45. The van der Waals surface area contributed by atoms with Gasteiger partial charge < -0.3 is 10.6 Å². The van der Waals surface area contributed by atoms with Gasteiger partial charge in [0.1, 0.15) is 0 Å². The first-order valence-electron chi connectivity index (χ1n) is 6.86. The molecule has 3 N–H and O–H groups in total. The number of carbonyl (C=O) groups is 1. The van der Waals surface area contributed by atoms with Crippen molar-refractivity contribution in [2.24, 2.45) is 11.8 Å². The van der Waals surface area contributed by atoms with Gasteiger partial charge in [0.05, 0.1) is 17.9 Å². The second-order valence-electron chi connectivity index (χ2n) is 5.64. The Morgan fingerprint density at radius 3 is 2.57 bits per heavy atom. The van der Waals surface area contributed by atoms with Crippen LogP contribution in [0.3, 0.4) is 0 Å². The zero-order valence-electron chi connectivity index (χ0n) is 12.4. The van der Waals surface area contributed by atoms with Crippen LogP contribution in [0.2, 0.25) is 0 Å². The number of benzene rings is 1. The number of carbonyl (C=O) groups excluding carboxylic acids is 1. The highest BCUT2D eigenvalue weighted by atomic mass is 32.2. The first kappa shape index (κ1) is 15.8. The number of hydrogen-bond acceptors (Lipinski definition) is 4. The molecule has 116 valence electrons. The van der Waals surface area contributed by atoms with Crippen molar-refractivity contribution in [1.29, 1.82) is 0 Å². The van der Waals surface area contributed by atoms with E-state index in [1.165, 1.54) is 0 Å². The van der Waals surface area contributed by atoms with Crippen LogP contribution in [0.4, 0.5) is 11.4 Å². The summed E-state index contributed by atoms with van der Waals surface area (Å²) in [6.07, 6.45) is 1.11. The molecule has 2 atom stereocenters. The lowest BCUT2D eigenvalue weighted by Crippen LogP contribution is -2.27. The van der Waals surface area contributed by atoms with Crippen LogP contribution < -0.4 is 15.4 Å². The Morgan fingerprint density at radius 2 is 2.05 bits per heavy atom. The van der Waals surface area contributed by atoms with E-state index in [1.54, 1.807) is 25.1 Å². The van der Waals surface area contributed by atoms with Crippen LogP contribution >= 0.6 is 0 Å². The highest BCUT2D eigenvalue weighted by molar-refractivity contribution is 7.92. The summed E-state index contributed by atoms with van der Waals surface area (Å²) in [5.41, 5.74) is 1.96. The number of aryl methyl sites for hydroxylation is 1. The zero-order valence-corrected chi connectivity index (χ0v) is 13.3. The van der Waals surface area contributed by atoms with Crippen molar-refractivity contribution in [1.82, 2.24) is 5.32 Å². The van der Waals surface area contributed by atoms with Crippen LogP contribution in [0.5, 0.6) is 0 Å². The molecule has 0 saturated carbocycles. The van der Waals surface area contributed by atoms with Gasteiger partial charge in [0.15, 0.2) is 0 Å². The molecular formula is C14H21N3O3S. The van der Waals surface area contributed by atoms with Gasteiger partial charge in [-0.05, 0) is 43.1 Å². The van der Waals surface area contributed by atoms with E-state index in [4.69, 9.17) is 0 Å². The molecule has 7 heteroatoms. The summed E-state index contributed by atoms with van der Waals surface area (Å²) in [5, 5.41) is 6.09. The van der Waals surface area contributed by atoms with Crippen LogP contribution in [-0.4, -0.2) is 33.7 Å². The molecular weight excluding hydrogens is 290 g/mol. The molecule has 1 saturated heterocycles. The summed E-state index contributed by atoms with van der Waals surface area (Å²) in [4.78, 5) is 12.2. The lowest BCUT2D eigenvalue weighted by atomic mass is 9.97. The zero-order chi connectivity index (χ0) is 15.6. The van der Waals surface area contributed by atoms with Crippen molar-refractivity contribution in [3.63, 3.8) is 0 Å². The average Bonchev–Trinajstić information content (AvgIpc) is 2.77. The van der Waals surface area contributed by atoms with Crippen molar-refractivity contribution in [2.45, 2.75) is 13.8 Å². The minimum atomic E-state index is -3.30.